The van der Waals surface area contributed by atoms with Crippen LogP contribution in [0.15, 0.2) is 0 Å². The maximum absolute atomic E-state index is 9.73. The molecular weight excluding hydrogens is 182 g/mol. The predicted molar refractivity (Wildman–Crippen MR) is 28.1 cm³/mol. The molecule has 0 amide bonds. The Bertz CT molecular complexity index is 112. The minimum Gasteiger partial charge on any atom is -0.480 e. The first-order chi connectivity index (χ1) is 4.13. The SMILES string of the molecule is O=C(O)CNCC(=O)O.[Fe]. The number of hydrogen-bond acceptors (Lipinski definition) is 3. The topological polar surface area (TPSA) is 86.6 Å². The van der Waals surface area contributed by atoms with Gasteiger partial charge in [0.2, 0.25) is 0 Å². The minimum absolute atomic E-state index is 0. The van der Waals surface area contributed by atoms with Crippen molar-refractivity contribution < 1.29 is 36.9 Å². The fraction of sp³-hybridized carbons (Fsp3) is 0.500. The fourth-order valence-corrected chi connectivity index (χ4v) is 0.276. The van der Waals surface area contributed by atoms with Crippen LogP contribution in [0.3, 0.4) is 0 Å². The molecule has 0 aromatic heterocycles. The van der Waals surface area contributed by atoms with Crippen LogP contribution in [0.2, 0.25) is 0 Å². The van der Waals surface area contributed by atoms with Crippen molar-refractivity contribution in [2.45, 2.75) is 0 Å². The Morgan fingerprint density at radius 2 is 1.40 bits per heavy atom. The van der Waals surface area contributed by atoms with Gasteiger partial charge in [0.25, 0.3) is 0 Å². The van der Waals surface area contributed by atoms with E-state index < -0.39 is 11.9 Å². The molecule has 0 spiro atoms. The molecular formula is C4H7FeNO4. The second-order valence-electron chi connectivity index (χ2n) is 1.39. The molecule has 0 unspecified atom stereocenters. The molecule has 0 aliphatic rings. The monoisotopic (exact) mass is 189 g/mol. The molecule has 0 bridgehead atoms. The van der Waals surface area contributed by atoms with Crippen LogP contribution in [0, 0.1) is 0 Å². The zero-order valence-corrected chi connectivity index (χ0v) is 6.08. The van der Waals surface area contributed by atoms with E-state index in [1.807, 2.05) is 0 Å². The van der Waals surface area contributed by atoms with Gasteiger partial charge in [0.1, 0.15) is 0 Å². The van der Waals surface area contributed by atoms with Crippen LogP contribution in [0.4, 0.5) is 0 Å². The molecule has 0 saturated carbocycles. The molecule has 0 saturated heterocycles. The van der Waals surface area contributed by atoms with Gasteiger partial charge >= 0.3 is 11.9 Å². The van der Waals surface area contributed by atoms with Gasteiger partial charge in [-0.3, -0.25) is 14.9 Å². The van der Waals surface area contributed by atoms with Gasteiger partial charge in [0, 0.05) is 17.1 Å². The molecule has 60 valence electrons. The van der Waals surface area contributed by atoms with Crippen LogP contribution in [0.5, 0.6) is 0 Å². The molecule has 0 aromatic rings. The minimum atomic E-state index is -1.06. The predicted octanol–water partition coefficient (Wildman–Crippen LogP) is -1.26. The van der Waals surface area contributed by atoms with Gasteiger partial charge in [0.05, 0.1) is 13.1 Å². The van der Waals surface area contributed by atoms with Gasteiger partial charge in [-0.05, 0) is 0 Å². The standard InChI is InChI=1S/C4H7NO4.Fe/c6-3(7)1-5-2-4(8)9;/h5H,1-2H2,(H,6,7)(H,8,9);. The van der Waals surface area contributed by atoms with E-state index in [0.29, 0.717) is 0 Å². The Hall–Kier alpha value is -0.581. The van der Waals surface area contributed by atoms with Crippen molar-refractivity contribution in [2.75, 3.05) is 13.1 Å². The average molecular weight is 189 g/mol. The van der Waals surface area contributed by atoms with Crippen molar-refractivity contribution in [1.82, 2.24) is 5.32 Å². The largest absolute Gasteiger partial charge is 0.480 e. The second kappa shape index (κ2) is 6.54. The third-order valence-corrected chi connectivity index (χ3v) is 0.552. The maximum atomic E-state index is 9.73. The van der Waals surface area contributed by atoms with E-state index >= 15 is 0 Å². The van der Waals surface area contributed by atoms with Crippen molar-refractivity contribution in [1.29, 1.82) is 0 Å². The van der Waals surface area contributed by atoms with Crippen molar-refractivity contribution in [3.63, 3.8) is 0 Å². The van der Waals surface area contributed by atoms with Crippen molar-refractivity contribution in [3.05, 3.63) is 0 Å². The van der Waals surface area contributed by atoms with Gasteiger partial charge in [-0.2, -0.15) is 0 Å². The van der Waals surface area contributed by atoms with Crippen LogP contribution in [-0.2, 0) is 26.7 Å². The van der Waals surface area contributed by atoms with E-state index in [4.69, 9.17) is 10.2 Å². The Labute approximate surface area is 67.9 Å². The van der Waals surface area contributed by atoms with Gasteiger partial charge < -0.3 is 10.2 Å². The molecule has 0 rings (SSSR count). The van der Waals surface area contributed by atoms with Crippen molar-refractivity contribution in [2.24, 2.45) is 0 Å². The van der Waals surface area contributed by atoms with Crippen LogP contribution in [0.1, 0.15) is 0 Å². The van der Waals surface area contributed by atoms with Gasteiger partial charge in [-0.1, -0.05) is 0 Å². The molecule has 6 heteroatoms. The zero-order chi connectivity index (χ0) is 7.28. The molecule has 10 heavy (non-hydrogen) atoms. The molecule has 5 nitrogen and oxygen atoms in total. The summed E-state index contributed by atoms with van der Waals surface area (Å²) in [6.45, 7) is -0.626. The van der Waals surface area contributed by atoms with Crippen LogP contribution >= 0.6 is 0 Å². The van der Waals surface area contributed by atoms with E-state index in [9.17, 15) is 9.59 Å². The number of carboxylic acids is 2. The summed E-state index contributed by atoms with van der Waals surface area (Å²) in [6.07, 6.45) is 0. The Kier molecular flexibility index (Phi) is 7.93. The van der Waals surface area contributed by atoms with Crippen LogP contribution in [0.25, 0.3) is 0 Å². The zero-order valence-electron chi connectivity index (χ0n) is 4.98. The first-order valence-electron chi connectivity index (χ1n) is 2.27. The summed E-state index contributed by atoms with van der Waals surface area (Å²) in [7, 11) is 0. The summed E-state index contributed by atoms with van der Waals surface area (Å²) in [4.78, 5) is 19.5. The number of carboxylic acid groups (broad SMARTS) is 2. The van der Waals surface area contributed by atoms with Gasteiger partial charge in [-0.15, -0.1) is 0 Å². The Morgan fingerprint density at radius 3 is 1.60 bits per heavy atom. The quantitative estimate of drug-likeness (QED) is 0.480. The van der Waals surface area contributed by atoms with Gasteiger partial charge in [0.15, 0.2) is 0 Å². The molecule has 0 fully saturated rings. The fourth-order valence-electron chi connectivity index (χ4n) is 0.276. The summed E-state index contributed by atoms with van der Waals surface area (Å²) in [5.74, 6) is -2.12. The Balaban J connectivity index is 0. The van der Waals surface area contributed by atoms with Crippen molar-refractivity contribution in [3.8, 4) is 0 Å². The van der Waals surface area contributed by atoms with E-state index in [1.54, 1.807) is 0 Å². The average Bonchev–Trinajstić information content (AvgIpc) is 1.63. The molecule has 3 N–H and O–H groups in total. The normalized spacial score (nSPS) is 8.00. The third kappa shape index (κ3) is 10.4. The first-order valence-corrected chi connectivity index (χ1v) is 2.27. The Morgan fingerprint density at radius 1 is 1.10 bits per heavy atom. The third-order valence-electron chi connectivity index (χ3n) is 0.552. The number of rotatable bonds is 4. The summed E-state index contributed by atoms with van der Waals surface area (Å²) in [5.41, 5.74) is 0. The molecule has 0 aliphatic carbocycles. The molecule has 0 aromatic carbocycles. The molecule has 0 heterocycles. The maximum Gasteiger partial charge on any atom is 0.317 e. The number of carbonyl (C=O) groups is 2. The number of hydrogen-bond donors (Lipinski definition) is 3. The van der Waals surface area contributed by atoms with Gasteiger partial charge in [-0.25, -0.2) is 0 Å². The summed E-state index contributed by atoms with van der Waals surface area (Å²) in [6, 6.07) is 0. The van der Waals surface area contributed by atoms with E-state index in [1.165, 1.54) is 0 Å². The summed E-state index contributed by atoms with van der Waals surface area (Å²) in [5, 5.41) is 18.1. The van der Waals surface area contributed by atoms with E-state index in [0.717, 1.165) is 0 Å². The number of nitrogens with one attached hydrogen (secondary N) is 1. The second-order valence-corrected chi connectivity index (χ2v) is 1.39. The van der Waals surface area contributed by atoms with E-state index in [-0.39, 0.29) is 30.2 Å². The van der Waals surface area contributed by atoms with E-state index in [2.05, 4.69) is 5.32 Å². The first kappa shape index (κ1) is 12.1. The van der Waals surface area contributed by atoms with Crippen molar-refractivity contribution >= 4 is 11.9 Å². The smallest absolute Gasteiger partial charge is 0.317 e. The summed E-state index contributed by atoms with van der Waals surface area (Å²) < 4.78 is 0. The summed E-state index contributed by atoms with van der Waals surface area (Å²) >= 11 is 0. The van der Waals surface area contributed by atoms with Crippen LogP contribution in [-0.4, -0.2) is 35.2 Å². The van der Waals surface area contributed by atoms with Crippen LogP contribution < -0.4 is 5.32 Å². The number of aliphatic carboxylic acids is 2. The molecule has 0 atom stereocenters. The molecule has 0 radical (unpaired) electrons. The molecule has 0 aliphatic heterocycles.